The van der Waals surface area contributed by atoms with Crippen LogP contribution in [0, 0.1) is 20.8 Å². The van der Waals surface area contributed by atoms with Gasteiger partial charge in [-0.2, -0.15) is 0 Å². The van der Waals surface area contributed by atoms with E-state index >= 15 is 0 Å². The van der Waals surface area contributed by atoms with Gasteiger partial charge < -0.3 is 24.8 Å². The van der Waals surface area contributed by atoms with E-state index in [4.69, 9.17) is 9.84 Å². The normalized spacial score (nSPS) is 17.2. The van der Waals surface area contributed by atoms with Crippen LogP contribution in [0.25, 0.3) is 11.1 Å². The predicted molar refractivity (Wildman–Crippen MR) is 181 cm³/mol. The minimum atomic E-state index is -0.966. The molecule has 1 atom stereocenters. The number of aromatic nitrogens is 1. The summed E-state index contributed by atoms with van der Waals surface area (Å²) in [4.78, 5) is 33.4. The minimum Gasteiger partial charge on any atom is -0.480 e. The van der Waals surface area contributed by atoms with E-state index in [1.807, 2.05) is 24.8 Å². The summed E-state index contributed by atoms with van der Waals surface area (Å²) >= 11 is 0. The lowest BCUT2D eigenvalue weighted by molar-refractivity contribution is -0.138. The van der Waals surface area contributed by atoms with E-state index in [9.17, 15) is 14.7 Å². The van der Waals surface area contributed by atoms with Crippen molar-refractivity contribution < 1.29 is 19.7 Å². The fourth-order valence-electron chi connectivity index (χ4n) is 6.86. The molecule has 2 aliphatic heterocycles. The van der Waals surface area contributed by atoms with Crippen molar-refractivity contribution in [3.8, 4) is 11.1 Å². The lowest BCUT2D eigenvalue weighted by atomic mass is 9.94. The van der Waals surface area contributed by atoms with Crippen LogP contribution in [0.15, 0.2) is 47.3 Å². The summed E-state index contributed by atoms with van der Waals surface area (Å²) in [5, 5.41) is 23.9. The average Bonchev–Trinajstić information content (AvgIpc) is 3.03. The van der Waals surface area contributed by atoms with E-state index < -0.39 is 12.2 Å². The van der Waals surface area contributed by atoms with Crippen molar-refractivity contribution in [2.75, 3.05) is 57.4 Å². The number of aromatic amines is 1. The molecule has 3 aromatic rings. The number of rotatable bonds is 12. The van der Waals surface area contributed by atoms with Gasteiger partial charge in [-0.15, -0.1) is 0 Å². The van der Waals surface area contributed by atoms with E-state index in [0.717, 1.165) is 105 Å². The van der Waals surface area contributed by atoms with Gasteiger partial charge in [-0.25, -0.2) is 0 Å². The third kappa shape index (κ3) is 8.24. The Labute approximate surface area is 272 Å². The molecule has 0 spiro atoms. The zero-order chi connectivity index (χ0) is 32.8. The molecular weight excluding hydrogens is 582 g/mol. The van der Waals surface area contributed by atoms with Crippen LogP contribution in [0.2, 0.25) is 0 Å². The summed E-state index contributed by atoms with van der Waals surface area (Å²) in [6, 6.07) is 15.2. The first-order chi connectivity index (χ1) is 22.1. The Morgan fingerprint density at radius 2 is 1.70 bits per heavy atom. The highest BCUT2D eigenvalue weighted by molar-refractivity contribution is 5.73. The van der Waals surface area contributed by atoms with Crippen LogP contribution in [-0.4, -0.2) is 89.5 Å². The van der Waals surface area contributed by atoms with Gasteiger partial charge in [0, 0.05) is 87.6 Å². The van der Waals surface area contributed by atoms with E-state index in [0.29, 0.717) is 11.6 Å². The molecule has 2 aromatic carbocycles. The Hall–Kier alpha value is -3.54. The summed E-state index contributed by atoms with van der Waals surface area (Å²) < 4.78 is 5.67. The number of nitrogens with zero attached hydrogens (tertiary/aromatic N) is 3. The standard InChI is InChI=1S/C36H49N5O5/c1-5-41(30-10-16-46-17-11-30)33-20-29(19-31(26(33)4)35(44)37-21-32-24(2)18-25(3)38-36(32)45)28-8-6-27(7-9-28)22-39-12-14-40(15-13-39)23-34(42)43/h6-9,18-20,30,35,37,44H,5,10-17,21-23H2,1-4H3,(H,38,45)(H,42,43). The molecule has 10 heteroatoms. The number of aliphatic carboxylic acids is 1. The Balaban J connectivity index is 1.40. The number of carboxylic acids is 1. The molecule has 1 aromatic heterocycles. The Morgan fingerprint density at radius 3 is 2.33 bits per heavy atom. The number of hydrogen-bond donors (Lipinski definition) is 4. The van der Waals surface area contributed by atoms with Crippen molar-refractivity contribution in [2.45, 2.75) is 65.9 Å². The van der Waals surface area contributed by atoms with E-state index in [2.05, 4.69) is 70.3 Å². The van der Waals surface area contributed by atoms with Crippen LogP contribution in [0.3, 0.4) is 0 Å². The molecule has 10 nitrogen and oxygen atoms in total. The molecule has 0 saturated carbocycles. The Morgan fingerprint density at radius 1 is 1.02 bits per heavy atom. The number of benzene rings is 2. The van der Waals surface area contributed by atoms with Gasteiger partial charge in [-0.05, 0) is 86.6 Å². The molecule has 1 unspecified atom stereocenters. The van der Waals surface area contributed by atoms with Gasteiger partial charge in [0.1, 0.15) is 6.23 Å². The fourth-order valence-corrected chi connectivity index (χ4v) is 6.86. The number of hydrogen-bond acceptors (Lipinski definition) is 8. The summed E-state index contributed by atoms with van der Waals surface area (Å²) in [6.07, 6.45) is 0.955. The van der Waals surface area contributed by atoms with E-state index in [-0.39, 0.29) is 18.6 Å². The smallest absolute Gasteiger partial charge is 0.317 e. The van der Waals surface area contributed by atoms with Gasteiger partial charge in [0.15, 0.2) is 0 Å². The average molecular weight is 632 g/mol. The van der Waals surface area contributed by atoms with Crippen molar-refractivity contribution in [2.24, 2.45) is 0 Å². The van der Waals surface area contributed by atoms with Gasteiger partial charge in [0.25, 0.3) is 5.56 Å². The van der Waals surface area contributed by atoms with Gasteiger partial charge >= 0.3 is 5.97 Å². The maximum Gasteiger partial charge on any atom is 0.317 e. The number of aryl methyl sites for hydroxylation is 2. The summed E-state index contributed by atoms with van der Waals surface area (Å²) in [7, 11) is 0. The van der Waals surface area contributed by atoms with Crippen LogP contribution in [-0.2, 0) is 22.6 Å². The van der Waals surface area contributed by atoms with Crippen LogP contribution in [0.1, 0.15) is 59.5 Å². The number of anilines is 1. The molecule has 0 amide bonds. The first-order valence-electron chi connectivity index (χ1n) is 16.5. The number of H-pyrrole nitrogens is 1. The van der Waals surface area contributed by atoms with Crippen LogP contribution < -0.4 is 15.8 Å². The maximum atomic E-state index is 12.7. The van der Waals surface area contributed by atoms with Crippen molar-refractivity contribution in [1.82, 2.24) is 20.1 Å². The van der Waals surface area contributed by atoms with Gasteiger partial charge in [0.2, 0.25) is 0 Å². The van der Waals surface area contributed by atoms with E-state index in [1.54, 1.807) is 0 Å². The number of nitrogens with one attached hydrogen (secondary N) is 2. The predicted octanol–water partition coefficient (Wildman–Crippen LogP) is 3.96. The Kier molecular flexibility index (Phi) is 11.3. The second-order valence-electron chi connectivity index (χ2n) is 12.7. The quantitative estimate of drug-likeness (QED) is 0.220. The monoisotopic (exact) mass is 631 g/mol. The van der Waals surface area contributed by atoms with Crippen LogP contribution in [0.5, 0.6) is 0 Å². The van der Waals surface area contributed by atoms with Crippen molar-refractivity contribution >= 4 is 11.7 Å². The van der Waals surface area contributed by atoms with Gasteiger partial charge in [-0.3, -0.25) is 24.7 Å². The molecule has 2 saturated heterocycles. The Bertz CT molecular complexity index is 1540. The third-order valence-corrected chi connectivity index (χ3v) is 9.48. The summed E-state index contributed by atoms with van der Waals surface area (Å²) in [5.41, 5.74) is 8.42. The molecular formula is C36H49N5O5. The number of aliphatic hydroxyl groups excluding tert-OH is 1. The second-order valence-corrected chi connectivity index (χ2v) is 12.7. The molecule has 0 radical (unpaired) electrons. The third-order valence-electron chi connectivity index (χ3n) is 9.48. The molecule has 0 bridgehead atoms. The van der Waals surface area contributed by atoms with Crippen molar-refractivity contribution in [1.29, 1.82) is 0 Å². The zero-order valence-electron chi connectivity index (χ0n) is 27.6. The number of ether oxygens (including phenoxy) is 1. The SMILES string of the molecule is CCN(c1cc(-c2ccc(CN3CCN(CC(=O)O)CC3)cc2)cc(C(O)NCc2c(C)cc(C)[nH]c2=O)c1C)C1CCOCC1. The molecule has 5 rings (SSSR count). The van der Waals surface area contributed by atoms with E-state index in [1.165, 1.54) is 5.56 Å². The maximum absolute atomic E-state index is 12.7. The number of carbonyl (C=O) groups is 1. The molecule has 248 valence electrons. The lowest BCUT2D eigenvalue weighted by Gasteiger charge is -2.37. The first-order valence-corrected chi connectivity index (χ1v) is 16.5. The lowest BCUT2D eigenvalue weighted by Crippen LogP contribution is -2.47. The van der Waals surface area contributed by atoms with Crippen LogP contribution >= 0.6 is 0 Å². The molecule has 2 aliphatic rings. The van der Waals surface area contributed by atoms with Crippen molar-refractivity contribution in [3.05, 3.63) is 86.3 Å². The highest BCUT2D eigenvalue weighted by Gasteiger charge is 2.25. The topological polar surface area (TPSA) is 121 Å². The molecule has 46 heavy (non-hydrogen) atoms. The second kappa shape index (κ2) is 15.4. The highest BCUT2D eigenvalue weighted by Crippen LogP contribution is 2.36. The molecule has 0 aliphatic carbocycles. The number of carboxylic acid groups (broad SMARTS) is 1. The van der Waals surface area contributed by atoms with Gasteiger partial charge in [0.05, 0.1) is 6.54 Å². The molecule has 3 heterocycles. The van der Waals surface area contributed by atoms with Crippen molar-refractivity contribution in [3.63, 3.8) is 0 Å². The molecule has 2 fully saturated rings. The fraction of sp³-hybridized carbons (Fsp3) is 0.500. The highest BCUT2D eigenvalue weighted by atomic mass is 16.5. The zero-order valence-corrected chi connectivity index (χ0v) is 27.6. The summed E-state index contributed by atoms with van der Waals surface area (Å²) in [5.74, 6) is -0.777. The largest absolute Gasteiger partial charge is 0.480 e. The van der Waals surface area contributed by atoms with Gasteiger partial charge in [-0.1, -0.05) is 24.3 Å². The number of aliphatic hydroxyl groups is 1. The first kappa shape index (κ1) is 33.8. The minimum absolute atomic E-state index is 0.0984. The molecule has 4 N–H and O–H groups in total. The number of piperazine rings is 1. The van der Waals surface area contributed by atoms with Crippen LogP contribution in [0.4, 0.5) is 5.69 Å². The number of pyridine rings is 1. The summed E-state index contributed by atoms with van der Waals surface area (Å²) in [6.45, 7) is 14.8.